The summed E-state index contributed by atoms with van der Waals surface area (Å²) in [6.45, 7) is 4.71. The average Bonchev–Trinajstić information content (AvgIpc) is 2.99. The van der Waals surface area contributed by atoms with E-state index in [4.69, 9.17) is 9.72 Å². The third-order valence-electron chi connectivity index (χ3n) is 4.68. The Bertz CT molecular complexity index is 1020. The highest BCUT2D eigenvalue weighted by Crippen LogP contribution is 2.33. The summed E-state index contributed by atoms with van der Waals surface area (Å²) < 4.78 is 6.97. The lowest BCUT2D eigenvalue weighted by atomic mass is 10.0. The molecule has 0 amide bonds. The Morgan fingerprint density at radius 2 is 2.00 bits per heavy atom. The SMILES string of the molecule is CC.O=c1c2c(cc3n1Cc1cc4ccccc4nc1-3)CC(O)OC2. The first-order chi connectivity index (χ1) is 12.2. The van der Waals surface area contributed by atoms with Crippen LogP contribution in [0.4, 0.5) is 0 Å². The number of aliphatic hydroxyl groups excluding tert-OH is 1. The maximum absolute atomic E-state index is 12.7. The summed E-state index contributed by atoms with van der Waals surface area (Å²) in [5.74, 6) is 0. The summed E-state index contributed by atoms with van der Waals surface area (Å²) in [5, 5.41) is 10.8. The van der Waals surface area contributed by atoms with E-state index in [1.54, 1.807) is 4.57 Å². The van der Waals surface area contributed by atoms with Gasteiger partial charge in [-0.15, -0.1) is 0 Å². The largest absolute Gasteiger partial charge is 0.368 e. The second-order valence-electron chi connectivity index (χ2n) is 6.08. The van der Waals surface area contributed by atoms with Crippen molar-refractivity contribution >= 4 is 10.9 Å². The number of hydrogen-bond acceptors (Lipinski definition) is 4. The number of para-hydroxylation sites is 1. The van der Waals surface area contributed by atoms with E-state index in [1.165, 1.54) is 0 Å². The first kappa shape index (κ1) is 16.0. The fourth-order valence-corrected chi connectivity index (χ4v) is 3.53. The van der Waals surface area contributed by atoms with E-state index in [9.17, 15) is 9.90 Å². The smallest absolute Gasteiger partial charge is 0.257 e. The van der Waals surface area contributed by atoms with Gasteiger partial charge in [0.2, 0.25) is 0 Å². The van der Waals surface area contributed by atoms with Crippen LogP contribution in [-0.2, 0) is 24.3 Å². The predicted molar refractivity (Wildman–Crippen MR) is 96.4 cm³/mol. The van der Waals surface area contributed by atoms with Gasteiger partial charge < -0.3 is 14.4 Å². The van der Waals surface area contributed by atoms with E-state index in [1.807, 2.05) is 44.2 Å². The Morgan fingerprint density at radius 3 is 2.84 bits per heavy atom. The maximum Gasteiger partial charge on any atom is 0.257 e. The van der Waals surface area contributed by atoms with E-state index >= 15 is 0 Å². The van der Waals surface area contributed by atoms with Gasteiger partial charge in [-0.1, -0.05) is 32.0 Å². The molecule has 5 heteroatoms. The minimum atomic E-state index is -0.838. The number of pyridine rings is 2. The van der Waals surface area contributed by atoms with Crippen molar-refractivity contribution < 1.29 is 9.84 Å². The Hall–Kier alpha value is -2.50. The maximum atomic E-state index is 12.7. The van der Waals surface area contributed by atoms with Crippen LogP contribution in [0.3, 0.4) is 0 Å². The summed E-state index contributed by atoms with van der Waals surface area (Å²) in [5.41, 5.74) is 5.16. The molecule has 0 saturated carbocycles. The molecule has 3 aromatic rings. The first-order valence-electron chi connectivity index (χ1n) is 8.65. The molecule has 1 N–H and O–H groups in total. The molecule has 25 heavy (non-hydrogen) atoms. The highest BCUT2D eigenvalue weighted by atomic mass is 16.6. The quantitative estimate of drug-likeness (QED) is 0.536. The number of ether oxygens (including phenoxy) is 1. The van der Waals surface area contributed by atoms with E-state index in [0.717, 1.165) is 33.4 Å². The molecule has 0 bridgehead atoms. The fourth-order valence-electron chi connectivity index (χ4n) is 3.53. The zero-order valence-corrected chi connectivity index (χ0v) is 14.3. The van der Waals surface area contributed by atoms with Crippen molar-refractivity contribution in [1.82, 2.24) is 9.55 Å². The molecular formula is C20H20N2O3. The number of nitrogens with zero attached hydrogens (tertiary/aromatic N) is 2. The number of aromatic nitrogens is 2. The van der Waals surface area contributed by atoms with Crippen LogP contribution in [0.15, 0.2) is 41.2 Å². The number of fused-ring (bicyclic) bond motifs is 5. The van der Waals surface area contributed by atoms with Crippen molar-refractivity contribution in [3.8, 4) is 11.4 Å². The lowest BCUT2D eigenvalue weighted by Crippen LogP contribution is -2.31. The van der Waals surface area contributed by atoms with Gasteiger partial charge >= 0.3 is 0 Å². The second kappa shape index (κ2) is 6.10. The summed E-state index contributed by atoms with van der Waals surface area (Å²) in [7, 11) is 0. The molecule has 1 aromatic carbocycles. The van der Waals surface area contributed by atoms with E-state index in [2.05, 4.69) is 6.07 Å². The Kier molecular flexibility index (Phi) is 3.90. The zero-order valence-electron chi connectivity index (χ0n) is 14.3. The number of rotatable bonds is 0. The third-order valence-corrected chi connectivity index (χ3v) is 4.68. The van der Waals surface area contributed by atoms with Gasteiger partial charge in [-0.3, -0.25) is 4.79 Å². The Labute approximate surface area is 145 Å². The van der Waals surface area contributed by atoms with Crippen LogP contribution in [0, 0.1) is 0 Å². The number of benzene rings is 1. The van der Waals surface area contributed by atoms with Crippen molar-refractivity contribution in [3.05, 3.63) is 63.4 Å². The molecule has 0 fully saturated rings. The summed E-state index contributed by atoms with van der Waals surface area (Å²) in [6, 6.07) is 12.0. The number of hydrogen-bond donors (Lipinski definition) is 1. The van der Waals surface area contributed by atoms with Crippen LogP contribution in [0.1, 0.15) is 30.5 Å². The molecule has 0 radical (unpaired) electrons. The first-order valence-corrected chi connectivity index (χ1v) is 8.65. The summed E-state index contributed by atoms with van der Waals surface area (Å²) in [4.78, 5) is 17.5. The lowest BCUT2D eigenvalue weighted by molar-refractivity contribution is -0.115. The lowest BCUT2D eigenvalue weighted by Gasteiger charge is -2.21. The van der Waals surface area contributed by atoms with Gasteiger partial charge in [0.25, 0.3) is 5.56 Å². The fraction of sp³-hybridized carbons (Fsp3) is 0.300. The zero-order chi connectivity index (χ0) is 17.6. The van der Waals surface area contributed by atoms with E-state index < -0.39 is 6.29 Å². The molecule has 1 unspecified atom stereocenters. The molecule has 4 heterocycles. The van der Waals surface area contributed by atoms with Gasteiger partial charge in [0.1, 0.15) is 0 Å². The highest BCUT2D eigenvalue weighted by Gasteiger charge is 2.28. The van der Waals surface area contributed by atoms with Crippen LogP contribution >= 0.6 is 0 Å². The Morgan fingerprint density at radius 1 is 1.20 bits per heavy atom. The molecule has 0 saturated heterocycles. The summed E-state index contributed by atoms with van der Waals surface area (Å²) in [6.07, 6.45) is -0.489. The van der Waals surface area contributed by atoms with E-state index in [-0.39, 0.29) is 12.2 Å². The molecule has 0 spiro atoms. The van der Waals surface area contributed by atoms with E-state index in [0.29, 0.717) is 18.5 Å². The third kappa shape index (κ3) is 2.47. The molecule has 5 rings (SSSR count). The van der Waals surface area contributed by atoms with Crippen LogP contribution in [0.2, 0.25) is 0 Å². The van der Waals surface area contributed by atoms with Crippen molar-refractivity contribution in [2.24, 2.45) is 0 Å². The normalized spacial score (nSPS) is 17.3. The van der Waals surface area contributed by atoms with Crippen LogP contribution in [0.25, 0.3) is 22.3 Å². The highest BCUT2D eigenvalue weighted by molar-refractivity contribution is 5.83. The molecule has 2 aliphatic rings. The molecule has 2 aliphatic heterocycles. The van der Waals surface area contributed by atoms with Gasteiger partial charge in [-0.2, -0.15) is 0 Å². The topological polar surface area (TPSA) is 64.4 Å². The Balaban J connectivity index is 0.000000758. The van der Waals surface area contributed by atoms with Gasteiger partial charge in [0.15, 0.2) is 6.29 Å². The van der Waals surface area contributed by atoms with Crippen LogP contribution in [0.5, 0.6) is 0 Å². The molecule has 128 valence electrons. The van der Waals surface area contributed by atoms with Gasteiger partial charge in [0, 0.05) is 22.9 Å². The van der Waals surface area contributed by atoms with Crippen molar-refractivity contribution in [1.29, 1.82) is 0 Å². The summed E-state index contributed by atoms with van der Waals surface area (Å²) >= 11 is 0. The molecule has 1 atom stereocenters. The van der Waals surface area contributed by atoms with Crippen molar-refractivity contribution in [2.75, 3.05) is 0 Å². The average molecular weight is 336 g/mol. The molecule has 2 aromatic heterocycles. The minimum absolute atomic E-state index is 0.0357. The van der Waals surface area contributed by atoms with Gasteiger partial charge in [-0.05, 0) is 23.8 Å². The van der Waals surface area contributed by atoms with Crippen LogP contribution in [-0.4, -0.2) is 20.9 Å². The van der Waals surface area contributed by atoms with Gasteiger partial charge in [0.05, 0.1) is 30.1 Å². The molecule has 5 nitrogen and oxygen atoms in total. The number of aliphatic hydroxyl groups is 1. The predicted octanol–water partition coefficient (Wildman–Crippen LogP) is 2.84. The minimum Gasteiger partial charge on any atom is -0.368 e. The van der Waals surface area contributed by atoms with Crippen molar-refractivity contribution in [3.63, 3.8) is 0 Å². The van der Waals surface area contributed by atoms with Crippen LogP contribution < -0.4 is 5.56 Å². The second-order valence-corrected chi connectivity index (χ2v) is 6.08. The molecule has 0 aliphatic carbocycles. The monoisotopic (exact) mass is 336 g/mol. The molecular weight excluding hydrogens is 316 g/mol. The van der Waals surface area contributed by atoms with Crippen molar-refractivity contribution in [2.45, 2.75) is 39.7 Å². The van der Waals surface area contributed by atoms with Gasteiger partial charge in [-0.25, -0.2) is 4.98 Å². The standard InChI is InChI=1S/C18H14N2O3.C2H6/c21-16-7-11-6-15-17-12(5-10-3-1-2-4-14(10)19-17)8-20(15)18(22)13(11)9-23-16;1-2/h1-6,16,21H,7-9H2;1-2H3.